The smallest absolute Gasteiger partial charge is 0.269 e. The Morgan fingerprint density at radius 1 is 1.53 bits per heavy atom. The van der Waals surface area contributed by atoms with Gasteiger partial charge in [-0.1, -0.05) is 0 Å². The molecule has 0 aliphatic carbocycles. The number of thiol groups is 1. The number of carbonyl (C=O) groups is 1. The van der Waals surface area contributed by atoms with Crippen LogP contribution in [0.3, 0.4) is 0 Å². The third-order valence-electron chi connectivity index (χ3n) is 1.89. The lowest BCUT2D eigenvalue weighted by atomic mass is 10.3. The highest BCUT2D eigenvalue weighted by atomic mass is 32.1. The fraction of sp³-hybridized carbons (Fsp3) is 0.400. The Balaban J connectivity index is 2.67. The lowest BCUT2D eigenvalue weighted by molar-refractivity contribution is 0.0951. The van der Waals surface area contributed by atoms with Crippen molar-refractivity contribution in [2.24, 2.45) is 0 Å². The summed E-state index contributed by atoms with van der Waals surface area (Å²) in [6.45, 7) is 0.555. The van der Waals surface area contributed by atoms with E-state index in [1.54, 1.807) is 12.3 Å². The molecular weight excluding hydrogens is 210 g/mol. The van der Waals surface area contributed by atoms with Crippen LogP contribution in [-0.4, -0.2) is 37.3 Å². The van der Waals surface area contributed by atoms with Crippen LogP contribution in [-0.2, 0) is 0 Å². The molecule has 5 heteroatoms. The van der Waals surface area contributed by atoms with Gasteiger partial charge in [0.25, 0.3) is 5.91 Å². The minimum atomic E-state index is -0.158. The minimum absolute atomic E-state index is 0.158. The molecule has 0 saturated heterocycles. The van der Waals surface area contributed by atoms with Crippen molar-refractivity contribution in [3.63, 3.8) is 0 Å². The summed E-state index contributed by atoms with van der Waals surface area (Å²) < 4.78 is 0. The van der Waals surface area contributed by atoms with Crippen molar-refractivity contribution in [1.82, 2.24) is 10.3 Å². The second kappa shape index (κ2) is 5.60. The number of nitrogens with one attached hydrogen (secondary N) is 1. The lowest BCUT2D eigenvalue weighted by Gasteiger charge is -2.11. The quantitative estimate of drug-likeness (QED) is 0.745. The van der Waals surface area contributed by atoms with Crippen molar-refractivity contribution >= 4 is 24.2 Å². The monoisotopic (exact) mass is 225 g/mol. The summed E-state index contributed by atoms with van der Waals surface area (Å²) in [4.78, 5) is 17.5. The van der Waals surface area contributed by atoms with Gasteiger partial charge in [0, 0.05) is 26.4 Å². The summed E-state index contributed by atoms with van der Waals surface area (Å²) in [6, 6.07) is 3.58. The number of carbonyl (C=O) groups excluding carboxylic acids is 1. The third-order valence-corrected chi connectivity index (χ3v) is 2.12. The van der Waals surface area contributed by atoms with Crippen molar-refractivity contribution in [1.29, 1.82) is 0 Å². The zero-order valence-corrected chi connectivity index (χ0v) is 9.79. The molecule has 0 bridgehead atoms. The van der Waals surface area contributed by atoms with E-state index in [1.165, 1.54) is 0 Å². The predicted molar refractivity (Wildman–Crippen MR) is 64.8 cm³/mol. The molecule has 0 fully saturated rings. The molecule has 4 nitrogen and oxygen atoms in total. The second-order valence-electron chi connectivity index (χ2n) is 3.28. The van der Waals surface area contributed by atoms with Gasteiger partial charge in [-0.2, -0.15) is 12.6 Å². The maximum atomic E-state index is 11.5. The summed E-state index contributed by atoms with van der Waals surface area (Å²) in [5.74, 6) is 0.469. The van der Waals surface area contributed by atoms with Gasteiger partial charge >= 0.3 is 0 Å². The number of rotatable bonds is 4. The van der Waals surface area contributed by atoms with Crippen LogP contribution in [0.15, 0.2) is 18.3 Å². The van der Waals surface area contributed by atoms with Gasteiger partial charge < -0.3 is 10.2 Å². The highest BCUT2D eigenvalue weighted by Gasteiger charge is 2.05. The molecule has 0 aromatic carbocycles. The average molecular weight is 225 g/mol. The first-order chi connectivity index (χ1) is 7.15. The number of amides is 1. The zero-order valence-electron chi connectivity index (χ0n) is 8.90. The van der Waals surface area contributed by atoms with Crippen LogP contribution in [0.4, 0.5) is 5.69 Å². The highest BCUT2D eigenvalue weighted by Crippen LogP contribution is 2.08. The molecular formula is C10H15N3OS. The Kier molecular flexibility index (Phi) is 4.42. The molecule has 1 aromatic heterocycles. The highest BCUT2D eigenvalue weighted by molar-refractivity contribution is 7.80. The van der Waals surface area contributed by atoms with E-state index < -0.39 is 0 Å². The van der Waals surface area contributed by atoms with Crippen LogP contribution in [0.5, 0.6) is 0 Å². The van der Waals surface area contributed by atoms with Gasteiger partial charge in [0.15, 0.2) is 0 Å². The number of anilines is 1. The SMILES string of the molecule is CN(C)c1ccc(C(=O)NCCS)nc1. The third kappa shape index (κ3) is 3.43. The van der Waals surface area contributed by atoms with Crippen LogP contribution >= 0.6 is 12.6 Å². The molecule has 0 unspecified atom stereocenters. The fourth-order valence-corrected chi connectivity index (χ4v) is 1.16. The van der Waals surface area contributed by atoms with Crippen LogP contribution in [0.25, 0.3) is 0 Å². The van der Waals surface area contributed by atoms with E-state index in [0.717, 1.165) is 5.69 Å². The van der Waals surface area contributed by atoms with Gasteiger partial charge in [-0.05, 0) is 12.1 Å². The van der Waals surface area contributed by atoms with Gasteiger partial charge in [0.2, 0.25) is 0 Å². The summed E-state index contributed by atoms with van der Waals surface area (Å²) in [6.07, 6.45) is 1.68. The Labute approximate surface area is 95.1 Å². The van der Waals surface area contributed by atoms with E-state index in [4.69, 9.17) is 0 Å². The topological polar surface area (TPSA) is 45.2 Å². The van der Waals surface area contributed by atoms with E-state index in [2.05, 4.69) is 22.9 Å². The molecule has 0 spiro atoms. The molecule has 15 heavy (non-hydrogen) atoms. The molecule has 1 N–H and O–H groups in total. The maximum Gasteiger partial charge on any atom is 0.269 e. The number of pyridine rings is 1. The van der Waals surface area contributed by atoms with E-state index >= 15 is 0 Å². The van der Waals surface area contributed by atoms with Gasteiger partial charge in [0.1, 0.15) is 5.69 Å². The number of hydrogen-bond acceptors (Lipinski definition) is 4. The van der Waals surface area contributed by atoms with Crippen LogP contribution in [0.1, 0.15) is 10.5 Å². The molecule has 0 aliphatic rings. The first-order valence-corrected chi connectivity index (χ1v) is 5.31. The van der Waals surface area contributed by atoms with Crippen LogP contribution in [0.2, 0.25) is 0 Å². The van der Waals surface area contributed by atoms with Crippen molar-refractivity contribution in [3.8, 4) is 0 Å². The van der Waals surface area contributed by atoms with E-state index in [0.29, 0.717) is 18.0 Å². The van der Waals surface area contributed by atoms with Crippen molar-refractivity contribution in [3.05, 3.63) is 24.0 Å². The van der Waals surface area contributed by atoms with Crippen molar-refractivity contribution in [2.75, 3.05) is 31.3 Å². The number of aromatic nitrogens is 1. The Morgan fingerprint density at radius 3 is 2.73 bits per heavy atom. The maximum absolute atomic E-state index is 11.5. The molecule has 0 atom stereocenters. The average Bonchev–Trinajstić information content (AvgIpc) is 2.26. The number of nitrogens with zero attached hydrogens (tertiary/aromatic N) is 2. The molecule has 1 heterocycles. The minimum Gasteiger partial charge on any atom is -0.376 e. The molecule has 0 saturated carbocycles. The number of hydrogen-bond donors (Lipinski definition) is 2. The summed E-state index contributed by atoms with van der Waals surface area (Å²) in [7, 11) is 3.86. The van der Waals surface area contributed by atoms with E-state index in [9.17, 15) is 4.79 Å². The van der Waals surface area contributed by atoms with E-state index in [-0.39, 0.29) is 5.91 Å². The zero-order chi connectivity index (χ0) is 11.3. The summed E-state index contributed by atoms with van der Waals surface area (Å²) >= 11 is 4.01. The van der Waals surface area contributed by atoms with Crippen LogP contribution < -0.4 is 10.2 Å². The van der Waals surface area contributed by atoms with Crippen LogP contribution in [0, 0.1) is 0 Å². The Hall–Kier alpha value is -1.23. The van der Waals surface area contributed by atoms with E-state index in [1.807, 2.05) is 25.1 Å². The fourth-order valence-electron chi connectivity index (χ4n) is 1.04. The lowest BCUT2D eigenvalue weighted by Crippen LogP contribution is -2.26. The molecule has 82 valence electrons. The summed E-state index contributed by atoms with van der Waals surface area (Å²) in [5.41, 5.74) is 1.41. The Morgan fingerprint density at radius 2 is 2.27 bits per heavy atom. The van der Waals surface area contributed by atoms with Gasteiger partial charge in [-0.3, -0.25) is 4.79 Å². The summed E-state index contributed by atoms with van der Waals surface area (Å²) in [5, 5.41) is 2.71. The van der Waals surface area contributed by atoms with Gasteiger partial charge in [-0.15, -0.1) is 0 Å². The van der Waals surface area contributed by atoms with Gasteiger partial charge in [-0.25, -0.2) is 4.98 Å². The molecule has 1 aromatic rings. The van der Waals surface area contributed by atoms with Crippen molar-refractivity contribution in [2.45, 2.75) is 0 Å². The largest absolute Gasteiger partial charge is 0.376 e. The van der Waals surface area contributed by atoms with Gasteiger partial charge in [0.05, 0.1) is 11.9 Å². The first kappa shape index (κ1) is 11.8. The standard InChI is InChI=1S/C10H15N3OS/c1-13(2)8-3-4-9(12-7-8)10(14)11-5-6-15/h3-4,7,15H,5-6H2,1-2H3,(H,11,14). The molecule has 0 aliphatic heterocycles. The first-order valence-electron chi connectivity index (χ1n) is 4.67. The normalized spacial score (nSPS) is 9.80. The van der Waals surface area contributed by atoms with Crippen molar-refractivity contribution < 1.29 is 4.79 Å². The molecule has 1 amide bonds. The molecule has 1 rings (SSSR count). The predicted octanol–water partition coefficient (Wildman–Crippen LogP) is 0.807. The Bertz CT molecular complexity index is 324. The molecule has 0 radical (unpaired) electrons. The second-order valence-corrected chi connectivity index (χ2v) is 3.72.